The van der Waals surface area contributed by atoms with Gasteiger partial charge in [0.1, 0.15) is 5.69 Å². The summed E-state index contributed by atoms with van der Waals surface area (Å²) in [5.74, 6) is -0.491. The standard InChI is InChI=1S/C10H10N4O2/c1-2-16-10(15)9-8(12-14-13-9)7-4-3-5-11-6-7/h3-6H,2H2,1H3,(H,12,13,14). The molecule has 1 N–H and O–H groups in total. The van der Waals surface area contributed by atoms with Crippen molar-refractivity contribution in [3.8, 4) is 11.3 Å². The molecule has 0 atom stereocenters. The molecule has 0 aliphatic carbocycles. The van der Waals surface area contributed by atoms with E-state index >= 15 is 0 Å². The van der Waals surface area contributed by atoms with Gasteiger partial charge in [0, 0.05) is 18.0 Å². The largest absolute Gasteiger partial charge is 0.461 e. The molecule has 0 fully saturated rings. The number of ether oxygens (including phenoxy) is 1. The van der Waals surface area contributed by atoms with E-state index < -0.39 is 5.97 Å². The Hall–Kier alpha value is -2.24. The van der Waals surface area contributed by atoms with Crippen LogP contribution < -0.4 is 0 Å². The van der Waals surface area contributed by atoms with E-state index in [0.29, 0.717) is 12.3 Å². The highest BCUT2D eigenvalue weighted by atomic mass is 16.5. The van der Waals surface area contributed by atoms with Crippen molar-refractivity contribution < 1.29 is 9.53 Å². The second-order valence-electron chi connectivity index (χ2n) is 2.98. The van der Waals surface area contributed by atoms with Crippen LogP contribution >= 0.6 is 0 Å². The minimum Gasteiger partial charge on any atom is -0.461 e. The fraction of sp³-hybridized carbons (Fsp3) is 0.200. The summed E-state index contributed by atoms with van der Waals surface area (Å²) >= 11 is 0. The van der Waals surface area contributed by atoms with Crippen LogP contribution in [0.3, 0.4) is 0 Å². The quantitative estimate of drug-likeness (QED) is 0.778. The highest BCUT2D eigenvalue weighted by molar-refractivity contribution is 5.93. The zero-order valence-electron chi connectivity index (χ0n) is 8.67. The van der Waals surface area contributed by atoms with E-state index in [1.54, 1.807) is 31.5 Å². The summed E-state index contributed by atoms with van der Waals surface area (Å²) < 4.78 is 4.87. The Balaban J connectivity index is 2.37. The normalized spacial score (nSPS) is 10.1. The van der Waals surface area contributed by atoms with E-state index in [1.807, 2.05) is 0 Å². The van der Waals surface area contributed by atoms with Gasteiger partial charge in [0.05, 0.1) is 6.61 Å². The molecule has 82 valence electrons. The molecule has 0 amide bonds. The molecule has 6 nitrogen and oxygen atoms in total. The summed E-state index contributed by atoms with van der Waals surface area (Å²) in [5.41, 5.74) is 1.35. The lowest BCUT2D eigenvalue weighted by Crippen LogP contribution is -2.06. The van der Waals surface area contributed by atoms with Crippen molar-refractivity contribution in [1.29, 1.82) is 0 Å². The molecular formula is C10H10N4O2. The number of pyridine rings is 1. The topological polar surface area (TPSA) is 80.8 Å². The number of hydrogen-bond acceptors (Lipinski definition) is 5. The number of nitrogens with one attached hydrogen (secondary N) is 1. The number of rotatable bonds is 3. The second-order valence-corrected chi connectivity index (χ2v) is 2.98. The first-order valence-corrected chi connectivity index (χ1v) is 4.81. The number of aromatic amines is 1. The van der Waals surface area contributed by atoms with E-state index in [2.05, 4.69) is 20.4 Å². The Bertz CT molecular complexity index is 481. The van der Waals surface area contributed by atoms with Crippen molar-refractivity contribution in [3.05, 3.63) is 30.2 Å². The number of carbonyl (C=O) groups is 1. The molecule has 0 radical (unpaired) electrons. The monoisotopic (exact) mass is 218 g/mol. The van der Waals surface area contributed by atoms with Crippen LogP contribution in [0.15, 0.2) is 24.5 Å². The fourth-order valence-electron chi connectivity index (χ4n) is 1.28. The van der Waals surface area contributed by atoms with E-state index in [0.717, 1.165) is 5.56 Å². The summed E-state index contributed by atoms with van der Waals surface area (Å²) in [4.78, 5) is 15.5. The first kappa shape index (κ1) is 10.3. The SMILES string of the molecule is CCOC(=O)c1n[nH]nc1-c1cccnc1. The van der Waals surface area contributed by atoms with E-state index in [1.165, 1.54) is 0 Å². The molecular weight excluding hydrogens is 208 g/mol. The first-order chi connectivity index (χ1) is 7.83. The molecule has 0 aliphatic rings. The maximum absolute atomic E-state index is 11.5. The van der Waals surface area contributed by atoms with E-state index in [4.69, 9.17) is 4.74 Å². The number of esters is 1. The van der Waals surface area contributed by atoms with Crippen molar-refractivity contribution in [2.45, 2.75) is 6.92 Å². The highest BCUT2D eigenvalue weighted by Crippen LogP contribution is 2.18. The second kappa shape index (κ2) is 4.52. The molecule has 6 heteroatoms. The van der Waals surface area contributed by atoms with Crippen LogP contribution in [0.5, 0.6) is 0 Å². The van der Waals surface area contributed by atoms with Gasteiger partial charge in [-0.25, -0.2) is 4.79 Å². The Morgan fingerprint density at radius 1 is 1.50 bits per heavy atom. The van der Waals surface area contributed by atoms with Gasteiger partial charge < -0.3 is 4.74 Å². The molecule has 16 heavy (non-hydrogen) atoms. The zero-order chi connectivity index (χ0) is 11.4. The minimum atomic E-state index is -0.491. The molecule has 0 saturated heterocycles. The Kier molecular flexibility index (Phi) is 2.90. The summed E-state index contributed by atoms with van der Waals surface area (Å²) in [6, 6.07) is 3.56. The Morgan fingerprint density at radius 3 is 3.06 bits per heavy atom. The lowest BCUT2D eigenvalue weighted by atomic mass is 10.2. The highest BCUT2D eigenvalue weighted by Gasteiger charge is 2.18. The molecule has 0 aliphatic heterocycles. The molecule has 0 spiro atoms. The van der Waals surface area contributed by atoms with Crippen LogP contribution in [0.25, 0.3) is 11.3 Å². The van der Waals surface area contributed by atoms with Crippen molar-refractivity contribution in [2.75, 3.05) is 6.61 Å². The summed E-state index contributed by atoms with van der Waals surface area (Å²) in [6.07, 6.45) is 3.26. The summed E-state index contributed by atoms with van der Waals surface area (Å²) in [7, 11) is 0. The van der Waals surface area contributed by atoms with Gasteiger partial charge in [0.15, 0.2) is 5.69 Å². The van der Waals surface area contributed by atoms with Gasteiger partial charge in [-0.15, -0.1) is 5.10 Å². The minimum absolute atomic E-state index is 0.176. The lowest BCUT2D eigenvalue weighted by Gasteiger charge is -2.00. The third kappa shape index (κ3) is 1.90. The molecule has 0 saturated carbocycles. The molecule has 2 heterocycles. The van der Waals surface area contributed by atoms with Crippen LogP contribution in [-0.4, -0.2) is 33.0 Å². The number of nitrogens with zero attached hydrogens (tertiary/aromatic N) is 3. The first-order valence-electron chi connectivity index (χ1n) is 4.81. The Labute approximate surface area is 91.7 Å². The van der Waals surface area contributed by atoms with E-state index in [-0.39, 0.29) is 5.69 Å². The maximum atomic E-state index is 11.5. The van der Waals surface area contributed by atoms with Crippen molar-refractivity contribution >= 4 is 5.97 Å². The van der Waals surface area contributed by atoms with Crippen LogP contribution in [0, 0.1) is 0 Å². The Morgan fingerprint density at radius 2 is 2.38 bits per heavy atom. The predicted molar refractivity (Wildman–Crippen MR) is 55.6 cm³/mol. The average Bonchev–Trinajstić information content (AvgIpc) is 2.79. The number of H-pyrrole nitrogens is 1. The van der Waals surface area contributed by atoms with Crippen LogP contribution in [0.4, 0.5) is 0 Å². The van der Waals surface area contributed by atoms with Crippen LogP contribution in [0.1, 0.15) is 17.4 Å². The average molecular weight is 218 g/mol. The van der Waals surface area contributed by atoms with Crippen LogP contribution in [0.2, 0.25) is 0 Å². The third-order valence-electron chi connectivity index (χ3n) is 1.95. The number of hydrogen-bond donors (Lipinski definition) is 1. The van der Waals surface area contributed by atoms with Crippen molar-refractivity contribution in [3.63, 3.8) is 0 Å². The van der Waals surface area contributed by atoms with E-state index in [9.17, 15) is 4.79 Å². The van der Waals surface area contributed by atoms with Gasteiger partial charge in [0.25, 0.3) is 0 Å². The van der Waals surface area contributed by atoms with Crippen molar-refractivity contribution in [2.24, 2.45) is 0 Å². The van der Waals surface area contributed by atoms with Gasteiger partial charge in [-0.3, -0.25) is 4.98 Å². The van der Waals surface area contributed by atoms with Gasteiger partial charge in [-0.05, 0) is 19.1 Å². The van der Waals surface area contributed by atoms with Gasteiger partial charge >= 0.3 is 5.97 Å². The molecule has 2 aromatic heterocycles. The van der Waals surface area contributed by atoms with Gasteiger partial charge in [0.2, 0.25) is 0 Å². The smallest absolute Gasteiger partial charge is 0.361 e. The zero-order valence-corrected chi connectivity index (χ0v) is 8.67. The maximum Gasteiger partial charge on any atom is 0.361 e. The molecule has 2 aromatic rings. The molecule has 0 bridgehead atoms. The summed E-state index contributed by atoms with van der Waals surface area (Å²) in [6.45, 7) is 2.04. The fourth-order valence-corrected chi connectivity index (χ4v) is 1.28. The van der Waals surface area contributed by atoms with Crippen LogP contribution in [-0.2, 0) is 4.74 Å². The lowest BCUT2D eigenvalue weighted by molar-refractivity contribution is 0.0520. The number of aromatic nitrogens is 4. The molecule has 0 unspecified atom stereocenters. The summed E-state index contributed by atoms with van der Waals surface area (Å²) in [5, 5.41) is 10.1. The van der Waals surface area contributed by atoms with Gasteiger partial charge in [-0.2, -0.15) is 10.3 Å². The third-order valence-corrected chi connectivity index (χ3v) is 1.95. The predicted octanol–water partition coefficient (Wildman–Crippen LogP) is 1.04. The number of carbonyl (C=O) groups excluding carboxylic acids is 1. The molecule has 0 aromatic carbocycles. The molecule has 2 rings (SSSR count). The van der Waals surface area contributed by atoms with Crippen molar-refractivity contribution in [1.82, 2.24) is 20.4 Å². The van der Waals surface area contributed by atoms with Gasteiger partial charge in [-0.1, -0.05) is 0 Å².